The quantitative estimate of drug-likeness (QED) is 0.263. The second kappa shape index (κ2) is 13.9. The molecule has 0 heterocycles. The zero-order valence-electron chi connectivity index (χ0n) is 22.3. The average molecular weight is 521 g/mol. The number of rotatable bonds is 12. The van der Waals surface area contributed by atoms with Gasteiger partial charge in [0.2, 0.25) is 0 Å². The summed E-state index contributed by atoms with van der Waals surface area (Å²) in [6.07, 6.45) is 3.58. The summed E-state index contributed by atoms with van der Waals surface area (Å²) in [5.74, 6) is 0.0590. The van der Waals surface area contributed by atoms with Crippen LogP contribution < -0.4 is 26.5 Å². The third-order valence-corrected chi connectivity index (χ3v) is 11.4. The molecule has 3 aromatic rings. The minimum absolute atomic E-state index is 0.0590. The van der Waals surface area contributed by atoms with Crippen molar-refractivity contribution in [1.82, 2.24) is 10.6 Å². The van der Waals surface area contributed by atoms with E-state index in [1.54, 1.807) is 0 Å². The number of unbranched alkanes of at least 4 members (excludes halogenated alkanes) is 1. The number of hydrogen-bond donors (Lipinski definition) is 2. The Balaban J connectivity index is 1.56. The van der Waals surface area contributed by atoms with Crippen LogP contribution in [0.4, 0.5) is 4.79 Å². The Bertz CT molecular complexity index is 1000. The van der Waals surface area contributed by atoms with E-state index < -0.39 is 19.0 Å². The molecule has 198 valence electrons. The molecule has 0 aliphatic carbocycles. The normalized spacial score (nSPS) is 12.0. The fourth-order valence-corrected chi connectivity index (χ4v) is 9.62. The topological polar surface area (TPSA) is 67.4 Å². The van der Waals surface area contributed by atoms with Gasteiger partial charge in [0.1, 0.15) is 5.60 Å². The molecule has 37 heavy (non-hydrogen) atoms. The number of alkyl carbamates (subject to hydrolysis) is 1. The number of ether oxygens (including phenoxy) is 1. The molecule has 0 saturated carbocycles. The van der Waals surface area contributed by atoms with Crippen LogP contribution >= 0.6 is 7.26 Å². The van der Waals surface area contributed by atoms with E-state index in [1.807, 2.05) is 20.8 Å². The molecule has 2 amide bonds. The van der Waals surface area contributed by atoms with E-state index >= 15 is 0 Å². The van der Waals surface area contributed by atoms with Crippen LogP contribution in [0, 0.1) is 0 Å². The van der Waals surface area contributed by atoms with Gasteiger partial charge in [-0.1, -0.05) is 0 Å². The van der Waals surface area contributed by atoms with Gasteiger partial charge in [0.05, 0.1) is 0 Å². The maximum atomic E-state index is 12.5. The molecule has 0 aliphatic heterocycles. The first-order valence-electron chi connectivity index (χ1n) is 13.2. The third-order valence-electron chi connectivity index (χ3n) is 6.35. The molecule has 0 spiro atoms. The molecule has 0 aromatic heterocycles. The first-order chi connectivity index (χ1) is 17.8. The Hall–Kier alpha value is -3.17. The van der Waals surface area contributed by atoms with Gasteiger partial charge in [-0.25, -0.2) is 0 Å². The second-order valence-electron chi connectivity index (χ2n) is 10.3. The van der Waals surface area contributed by atoms with Crippen molar-refractivity contribution >= 4 is 35.2 Å². The van der Waals surface area contributed by atoms with Gasteiger partial charge >= 0.3 is 196 Å². The molecule has 0 fully saturated rings. The first-order valence-corrected chi connectivity index (χ1v) is 15.4. The van der Waals surface area contributed by atoms with Crippen LogP contribution in [0.15, 0.2) is 91.0 Å². The molecule has 5 nitrogen and oxygen atoms in total. The molecule has 0 bridgehead atoms. The van der Waals surface area contributed by atoms with Gasteiger partial charge in [-0.2, -0.15) is 0 Å². The van der Waals surface area contributed by atoms with E-state index in [2.05, 4.69) is 102 Å². The van der Waals surface area contributed by atoms with Crippen LogP contribution in [-0.2, 0) is 9.53 Å². The predicted molar refractivity (Wildman–Crippen MR) is 157 cm³/mol. The van der Waals surface area contributed by atoms with Crippen molar-refractivity contribution in [2.45, 2.75) is 52.1 Å². The van der Waals surface area contributed by atoms with Crippen molar-refractivity contribution in [2.24, 2.45) is 0 Å². The molecule has 0 atom stereocenters. The zero-order chi connectivity index (χ0) is 26.6. The van der Waals surface area contributed by atoms with Gasteiger partial charge in [0.25, 0.3) is 0 Å². The molecule has 0 aliphatic rings. The summed E-state index contributed by atoms with van der Waals surface area (Å²) < 4.78 is 5.22. The van der Waals surface area contributed by atoms with Crippen molar-refractivity contribution in [3.05, 3.63) is 91.0 Å². The summed E-state index contributed by atoms with van der Waals surface area (Å²) >= 11 is 0. The number of hydrogen-bond acceptors (Lipinski definition) is 3. The molecule has 0 saturated heterocycles. The van der Waals surface area contributed by atoms with E-state index in [-0.39, 0.29) is 5.91 Å². The summed E-state index contributed by atoms with van der Waals surface area (Å²) in [6.45, 7) is 6.50. The Morgan fingerprint density at radius 3 is 1.59 bits per heavy atom. The number of carbonyl (C=O) groups excluding carboxylic acids is 2. The summed E-state index contributed by atoms with van der Waals surface area (Å²) in [5.41, 5.74) is -0.514. The molecule has 3 rings (SSSR count). The monoisotopic (exact) mass is 520 g/mol. The number of carbonyl (C=O) groups is 2. The van der Waals surface area contributed by atoms with E-state index in [0.29, 0.717) is 25.9 Å². The van der Waals surface area contributed by atoms with Crippen molar-refractivity contribution in [1.29, 1.82) is 0 Å². The third kappa shape index (κ3) is 8.72. The van der Waals surface area contributed by atoms with Crippen molar-refractivity contribution in [2.75, 3.05) is 19.3 Å². The zero-order valence-corrected chi connectivity index (χ0v) is 23.3. The predicted octanol–water partition coefficient (Wildman–Crippen LogP) is 4.91. The van der Waals surface area contributed by atoms with Crippen molar-refractivity contribution in [3.63, 3.8) is 0 Å². The van der Waals surface area contributed by atoms with E-state index in [9.17, 15) is 9.59 Å². The average Bonchev–Trinajstić information content (AvgIpc) is 2.89. The van der Waals surface area contributed by atoms with Gasteiger partial charge in [0.15, 0.2) is 0 Å². The van der Waals surface area contributed by atoms with E-state index in [1.165, 1.54) is 15.9 Å². The Morgan fingerprint density at radius 2 is 1.14 bits per heavy atom. The van der Waals surface area contributed by atoms with E-state index in [4.69, 9.17) is 4.74 Å². The second-order valence-corrected chi connectivity index (χ2v) is 14.4. The van der Waals surface area contributed by atoms with Crippen LogP contribution in [-0.4, -0.2) is 36.9 Å². The van der Waals surface area contributed by atoms with Crippen LogP contribution in [0.1, 0.15) is 46.5 Å². The Morgan fingerprint density at radius 1 is 0.676 bits per heavy atom. The Labute approximate surface area is 222 Å². The first kappa shape index (κ1) is 28.4. The van der Waals surface area contributed by atoms with Crippen molar-refractivity contribution in [3.8, 4) is 0 Å². The number of nitrogens with one attached hydrogen (secondary N) is 2. The summed E-state index contributed by atoms with van der Waals surface area (Å²) in [5, 5.41) is 9.89. The van der Waals surface area contributed by atoms with Crippen LogP contribution in [0.2, 0.25) is 0 Å². The number of benzene rings is 3. The van der Waals surface area contributed by atoms with Crippen molar-refractivity contribution < 1.29 is 14.3 Å². The molecular weight excluding hydrogens is 479 g/mol. The molecule has 3 aromatic carbocycles. The molecule has 2 N–H and O–H groups in total. The SMILES string of the molecule is CC(C)(C)OC(=O)NCCCNC(=O)CCCC[PH](c1ccccc1)(c1ccccc1)c1ccccc1. The van der Waals surface area contributed by atoms with Gasteiger partial charge in [-0.3, -0.25) is 0 Å². The molecular formula is C31H41N2O3P. The minimum atomic E-state index is -2.24. The fraction of sp³-hybridized carbons (Fsp3) is 0.355. The van der Waals surface area contributed by atoms with Gasteiger partial charge in [-0.05, 0) is 20.8 Å². The van der Waals surface area contributed by atoms with Crippen LogP contribution in [0.5, 0.6) is 0 Å². The summed E-state index contributed by atoms with van der Waals surface area (Å²) in [6, 6.07) is 32.6. The molecule has 6 heteroatoms. The van der Waals surface area contributed by atoms with Gasteiger partial charge in [-0.15, -0.1) is 0 Å². The molecule has 0 unspecified atom stereocenters. The molecule has 0 radical (unpaired) electrons. The summed E-state index contributed by atoms with van der Waals surface area (Å²) in [4.78, 5) is 24.2. The Kier molecular flexibility index (Phi) is 10.7. The standard InChI is InChI=1S/C31H41N2O3P/c1-31(2,3)36-30(35)33-24-15-23-32-29(34)22-13-14-25-37(26-16-7-4-8-17-26,27-18-9-5-10-19-27)28-20-11-6-12-21-28/h4-12,16-21,37H,13-15,22-25H2,1-3H3,(H,32,34)(H,33,35). The van der Waals surface area contributed by atoms with Gasteiger partial charge in [0, 0.05) is 0 Å². The maximum absolute atomic E-state index is 12.5. The van der Waals surface area contributed by atoms with Gasteiger partial charge < -0.3 is 0 Å². The van der Waals surface area contributed by atoms with E-state index in [0.717, 1.165) is 19.0 Å². The van der Waals surface area contributed by atoms with Crippen LogP contribution in [0.25, 0.3) is 0 Å². The summed E-state index contributed by atoms with van der Waals surface area (Å²) in [7, 11) is -2.24. The van der Waals surface area contributed by atoms with Crippen LogP contribution in [0.3, 0.4) is 0 Å². The fourth-order valence-electron chi connectivity index (χ4n) is 4.69. The number of amides is 2.